The Kier molecular flexibility index (Phi) is 4.94. The van der Waals surface area contributed by atoms with Gasteiger partial charge in [0.25, 0.3) is 5.91 Å². The zero-order chi connectivity index (χ0) is 16.1. The van der Waals surface area contributed by atoms with E-state index in [4.69, 9.17) is 0 Å². The van der Waals surface area contributed by atoms with Crippen LogP contribution in [0.4, 0.5) is 0 Å². The number of nitrogens with zero attached hydrogens (tertiary/aromatic N) is 1. The van der Waals surface area contributed by atoms with Crippen molar-refractivity contribution in [3.8, 4) is 0 Å². The molecular formula is C18H19NO3. The Bertz CT molecular complexity index is 677. The molecule has 0 unspecified atom stereocenters. The van der Waals surface area contributed by atoms with Gasteiger partial charge in [0.05, 0.1) is 12.7 Å². The SMILES string of the molecule is COC(=O)c1ccc(C(=O)N(C)Cc2ccccc2C)cc1. The van der Waals surface area contributed by atoms with Gasteiger partial charge in [-0.15, -0.1) is 0 Å². The third kappa shape index (κ3) is 3.52. The number of carbonyl (C=O) groups excluding carboxylic acids is 2. The van der Waals surface area contributed by atoms with Gasteiger partial charge >= 0.3 is 5.97 Å². The number of hydrogen-bond acceptors (Lipinski definition) is 3. The molecule has 0 N–H and O–H groups in total. The second-order valence-electron chi connectivity index (χ2n) is 5.16. The molecule has 4 nitrogen and oxygen atoms in total. The molecule has 0 fully saturated rings. The van der Waals surface area contributed by atoms with Crippen molar-refractivity contribution >= 4 is 11.9 Å². The average molecular weight is 297 g/mol. The normalized spacial score (nSPS) is 10.1. The molecule has 0 atom stereocenters. The summed E-state index contributed by atoms with van der Waals surface area (Å²) in [5.41, 5.74) is 3.25. The van der Waals surface area contributed by atoms with E-state index in [0.717, 1.165) is 11.1 Å². The van der Waals surface area contributed by atoms with Crippen LogP contribution in [-0.2, 0) is 11.3 Å². The Morgan fingerprint density at radius 2 is 1.59 bits per heavy atom. The summed E-state index contributed by atoms with van der Waals surface area (Å²) in [7, 11) is 3.10. The average Bonchev–Trinajstić information content (AvgIpc) is 2.55. The Hall–Kier alpha value is -2.62. The van der Waals surface area contributed by atoms with Crippen LogP contribution in [0.5, 0.6) is 0 Å². The summed E-state index contributed by atoms with van der Waals surface area (Å²) in [5.74, 6) is -0.494. The molecule has 0 heterocycles. The lowest BCUT2D eigenvalue weighted by Crippen LogP contribution is -2.26. The molecule has 0 aliphatic heterocycles. The van der Waals surface area contributed by atoms with Gasteiger partial charge in [0.2, 0.25) is 0 Å². The van der Waals surface area contributed by atoms with Gasteiger partial charge in [-0.05, 0) is 42.3 Å². The molecule has 0 radical (unpaired) electrons. The molecule has 0 saturated carbocycles. The van der Waals surface area contributed by atoms with Gasteiger partial charge in [0.1, 0.15) is 0 Å². The maximum Gasteiger partial charge on any atom is 0.337 e. The minimum Gasteiger partial charge on any atom is -0.465 e. The van der Waals surface area contributed by atoms with Crippen LogP contribution in [0.15, 0.2) is 48.5 Å². The molecule has 22 heavy (non-hydrogen) atoms. The highest BCUT2D eigenvalue weighted by molar-refractivity contribution is 5.96. The number of ether oxygens (including phenoxy) is 1. The first-order valence-corrected chi connectivity index (χ1v) is 7.01. The van der Waals surface area contributed by atoms with Gasteiger partial charge in [-0.2, -0.15) is 0 Å². The Labute approximate surface area is 130 Å². The van der Waals surface area contributed by atoms with E-state index in [9.17, 15) is 9.59 Å². The fourth-order valence-corrected chi connectivity index (χ4v) is 2.20. The van der Waals surface area contributed by atoms with Crippen molar-refractivity contribution in [1.82, 2.24) is 4.90 Å². The molecule has 2 aromatic carbocycles. The lowest BCUT2D eigenvalue weighted by Gasteiger charge is -2.18. The lowest BCUT2D eigenvalue weighted by atomic mass is 10.1. The zero-order valence-corrected chi connectivity index (χ0v) is 13.0. The number of esters is 1. The van der Waals surface area contributed by atoms with Crippen molar-refractivity contribution in [2.75, 3.05) is 14.2 Å². The van der Waals surface area contributed by atoms with Crippen molar-refractivity contribution in [3.63, 3.8) is 0 Å². The lowest BCUT2D eigenvalue weighted by molar-refractivity contribution is 0.0600. The van der Waals surface area contributed by atoms with Gasteiger partial charge < -0.3 is 9.64 Å². The number of rotatable bonds is 4. The summed E-state index contributed by atoms with van der Waals surface area (Å²) in [4.78, 5) is 25.5. The number of amides is 1. The van der Waals surface area contributed by atoms with Crippen molar-refractivity contribution < 1.29 is 14.3 Å². The second kappa shape index (κ2) is 6.89. The zero-order valence-electron chi connectivity index (χ0n) is 13.0. The van der Waals surface area contributed by atoms with Gasteiger partial charge in [0, 0.05) is 19.2 Å². The summed E-state index contributed by atoms with van der Waals surface area (Å²) in [5, 5.41) is 0. The molecule has 0 aliphatic carbocycles. The van der Waals surface area contributed by atoms with Crippen LogP contribution < -0.4 is 0 Å². The molecule has 0 aliphatic rings. The molecule has 0 saturated heterocycles. The minimum atomic E-state index is -0.410. The second-order valence-corrected chi connectivity index (χ2v) is 5.16. The number of methoxy groups -OCH3 is 1. The highest BCUT2D eigenvalue weighted by atomic mass is 16.5. The molecule has 0 aromatic heterocycles. The molecule has 2 aromatic rings. The quantitative estimate of drug-likeness (QED) is 0.815. The molecular weight excluding hydrogens is 278 g/mol. The number of hydrogen-bond donors (Lipinski definition) is 0. The summed E-state index contributed by atoms with van der Waals surface area (Å²) in [6.07, 6.45) is 0. The van der Waals surface area contributed by atoms with E-state index in [0.29, 0.717) is 17.7 Å². The predicted octanol–water partition coefficient (Wildman–Crippen LogP) is 3.05. The monoisotopic (exact) mass is 297 g/mol. The van der Waals surface area contributed by atoms with Crippen LogP contribution >= 0.6 is 0 Å². The van der Waals surface area contributed by atoms with E-state index in [-0.39, 0.29) is 5.91 Å². The smallest absolute Gasteiger partial charge is 0.337 e. The van der Waals surface area contributed by atoms with Crippen LogP contribution in [0, 0.1) is 6.92 Å². The van der Waals surface area contributed by atoms with Crippen LogP contribution in [0.1, 0.15) is 31.8 Å². The maximum atomic E-state index is 12.4. The van der Waals surface area contributed by atoms with Crippen molar-refractivity contribution in [3.05, 3.63) is 70.8 Å². The standard InChI is InChI=1S/C18H19NO3/c1-13-6-4-5-7-16(13)12-19(2)17(20)14-8-10-15(11-9-14)18(21)22-3/h4-11H,12H2,1-3H3. The summed E-state index contributed by atoms with van der Waals surface area (Å²) in [6, 6.07) is 14.5. The third-order valence-corrected chi connectivity index (χ3v) is 3.57. The summed E-state index contributed by atoms with van der Waals surface area (Å²) in [6.45, 7) is 2.57. The Morgan fingerprint density at radius 3 is 2.18 bits per heavy atom. The number of aryl methyl sites for hydroxylation is 1. The van der Waals surface area contributed by atoms with Gasteiger partial charge in [-0.3, -0.25) is 4.79 Å². The van der Waals surface area contributed by atoms with E-state index in [2.05, 4.69) is 4.74 Å². The first kappa shape index (κ1) is 15.8. The van der Waals surface area contributed by atoms with Gasteiger partial charge in [0.15, 0.2) is 0 Å². The molecule has 2 rings (SSSR count). The first-order valence-electron chi connectivity index (χ1n) is 7.01. The summed E-state index contributed by atoms with van der Waals surface area (Å²) < 4.78 is 4.64. The number of carbonyl (C=O) groups is 2. The van der Waals surface area contributed by atoms with E-state index >= 15 is 0 Å². The third-order valence-electron chi connectivity index (χ3n) is 3.57. The first-order chi connectivity index (χ1) is 10.5. The van der Waals surface area contributed by atoms with Gasteiger partial charge in [-0.25, -0.2) is 4.79 Å². The maximum absolute atomic E-state index is 12.4. The summed E-state index contributed by atoms with van der Waals surface area (Å²) >= 11 is 0. The minimum absolute atomic E-state index is 0.0836. The molecule has 0 spiro atoms. The fourth-order valence-electron chi connectivity index (χ4n) is 2.20. The van der Waals surface area contributed by atoms with Crippen LogP contribution in [0.25, 0.3) is 0 Å². The van der Waals surface area contributed by atoms with Gasteiger partial charge in [-0.1, -0.05) is 24.3 Å². The highest BCUT2D eigenvalue weighted by Crippen LogP contribution is 2.13. The van der Waals surface area contributed by atoms with E-state index < -0.39 is 5.97 Å². The van der Waals surface area contributed by atoms with Crippen LogP contribution in [0.3, 0.4) is 0 Å². The van der Waals surface area contributed by atoms with E-state index in [1.165, 1.54) is 7.11 Å². The molecule has 0 bridgehead atoms. The molecule has 4 heteroatoms. The topological polar surface area (TPSA) is 46.6 Å². The Morgan fingerprint density at radius 1 is 1.00 bits per heavy atom. The van der Waals surface area contributed by atoms with Crippen molar-refractivity contribution in [2.45, 2.75) is 13.5 Å². The molecule has 1 amide bonds. The largest absolute Gasteiger partial charge is 0.465 e. The van der Waals surface area contributed by atoms with Crippen LogP contribution in [-0.4, -0.2) is 30.9 Å². The fraction of sp³-hybridized carbons (Fsp3) is 0.222. The highest BCUT2D eigenvalue weighted by Gasteiger charge is 2.14. The Balaban J connectivity index is 2.10. The van der Waals surface area contributed by atoms with Crippen molar-refractivity contribution in [2.24, 2.45) is 0 Å². The van der Waals surface area contributed by atoms with E-state index in [1.807, 2.05) is 31.2 Å². The molecule has 114 valence electrons. The van der Waals surface area contributed by atoms with Crippen LogP contribution in [0.2, 0.25) is 0 Å². The predicted molar refractivity (Wildman–Crippen MR) is 84.8 cm³/mol. The number of benzene rings is 2. The van der Waals surface area contributed by atoms with E-state index in [1.54, 1.807) is 36.2 Å². The van der Waals surface area contributed by atoms with Crippen molar-refractivity contribution in [1.29, 1.82) is 0 Å².